The third-order valence-electron chi connectivity index (χ3n) is 5.82. The van der Waals surface area contributed by atoms with Crippen LogP contribution in [0.4, 0.5) is 0 Å². The zero-order valence-corrected chi connectivity index (χ0v) is 13.7. The van der Waals surface area contributed by atoms with E-state index >= 15 is 0 Å². The number of rotatable bonds is 5. The summed E-state index contributed by atoms with van der Waals surface area (Å²) in [5.74, 6) is 0. The molecule has 2 atom stereocenters. The number of fused-ring (bicyclic) bond motifs is 2. The molecule has 0 spiro atoms. The van der Waals surface area contributed by atoms with Crippen molar-refractivity contribution in [3.05, 3.63) is 0 Å². The summed E-state index contributed by atoms with van der Waals surface area (Å²) in [6.07, 6.45) is 6.83. The summed E-state index contributed by atoms with van der Waals surface area (Å²) in [5, 5.41) is 13.7. The Balaban J connectivity index is 1.66. The van der Waals surface area contributed by atoms with E-state index in [1.165, 1.54) is 32.2 Å². The second-order valence-electron chi connectivity index (χ2n) is 7.83. The van der Waals surface area contributed by atoms with Crippen molar-refractivity contribution >= 4 is 0 Å². The molecule has 4 heteroatoms. The number of piperidine rings is 1. The smallest absolute Gasteiger partial charge is 0.0570 e. The van der Waals surface area contributed by atoms with Gasteiger partial charge in [-0.15, -0.1) is 0 Å². The van der Waals surface area contributed by atoms with Crippen molar-refractivity contribution in [1.29, 1.82) is 0 Å². The standard InChI is InChI=1S/C17H32N2O2/c1-13(2)18-11-17(5-7-21-8-6-17)12-19-14-3-4-15(19)10-16(20)9-14/h13-16,18,20H,3-12H2,1-2H3. The number of ether oxygens (including phenoxy) is 1. The highest BCUT2D eigenvalue weighted by Gasteiger charge is 2.44. The maximum Gasteiger partial charge on any atom is 0.0570 e. The predicted octanol–water partition coefficient (Wildman–Crippen LogP) is 1.77. The van der Waals surface area contributed by atoms with Gasteiger partial charge in [0.1, 0.15) is 0 Å². The lowest BCUT2D eigenvalue weighted by atomic mass is 9.78. The van der Waals surface area contributed by atoms with Crippen LogP contribution in [0.3, 0.4) is 0 Å². The highest BCUT2D eigenvalue weighted by Crippen LogP contribution is 2.40. The van der Waals surface area contributed by atoms with Crippen molar-refractivity contribution in [2.45, 2.75) is 76.6 Å². The van der Waals surface area contributed by atoms with Crippen LogP contribution in [0.25, 0.3) is 0 Å². The Hall–Kier alpha value is -0.160. The van der Waals surface area contributed by atoms with Crippen LogP contribution in [0.5, 0.6) is 0 Å². The van der Waals surface area contributed by atoms with Gasteiger partial charge in [-0.2, -0.15) is 0 Å². The van der Waals surface area contributed by atoms with Gasteiger partial charge in [0.05, 0.1) is 6.10 Å². The molecule has 3 aliphatic rings. The Morgan fingerprint density at radius 1 is 1.19 bits per heavy atom. The topological polar surface area (TPSA) is 44.7 Å². The molecule has 0 aliphatic carbocycles. The fraction of sp³-hybridized carbons (Fsp3) is 1.00. The monoisotopic (exact) mass is 296 g/mol. The number of aliphatic hydroxyl groups excluding tert-OH is 1. The minimum absolute atomic E-state index is 0.0572. The molecule has 3 aliphatic heterocycles. The van der Waals surface area contributed by atoms with Crippen molar-refractivity contribution in [3.63, 3.8) is 0 Å². The van der Waals surface area contributed by atoms with Gasteiger partial charge in [0.25, 0.3) is 0 Å². The van der Waals surface area contributed by atoms with Gasteiger partial charge in [-0.1, -0.05) is 13.8 Å². The zero-order valence-electron chi connectivity index (χ0n) is 13.7. The number of nitrogens with one attached hydrogen (secondary N) is 1. The number of hydrogen-bond acceptors (Lipinski definition) is 4. The van der Waals surface area contributed by atoms with Crippen molar-refractivity contribution in [3.8, 4) is 0 Å². The molecule has 0 aromatic heterocycles. The van der Waals surface area contributed by atoms with Gasteiger partial charge in [-0.05, 0) is 43.9 Å². The summed E-state index contributed by atoms with van der Waals surface area (Å²) < 4.78 is 5.62. The molecule has 3 rings (SSSR count). The van der Waals surface area contributed by atoms with Gasteiger partial charge in [0.2, 0.25) is 0 Å². The Kier molecular flexibility index (Phi) is 4.89. The van der Waals surface area contributed by atoms with Crippen LogP contribution < -0.4 is 5.32 Å². The Labute approximate surface area is 129 Å². The molecule has 0 aromatic rings. The minimum Gasteiger partial charge on any atom is -0.393 e. The van der Waals surface area contributed by atoms with Gasteiger partial charge in [0.15, 0.2) is 0 Å². The van der Waals surface area contributed by atoms with Crippen LogP contribution in [0, 0.1) is 5.41 Å². The summed E-state index contributed by atoms with van der Waals surface area (Å²) in [6, 6.07) is 1.79. The molecule has 3 saturated heterocycles. The van der Waals surface area contributed by atoms with E-state index in [1.54, 1.807) is 0 Å². The van der Waals surface area contributed by atoms with E-state index in [9.17, 15) is 5.11 Å². The van der Waals surface area contributed by atoms with Crippen LogP contribution in [0.15, 0.2) is 0 Å². The van der Waals surface area contributed by atoms with Crippen molar-refractivity contribution in [2.24, 2.45) is 5.41 Å². The first kappa shape index (κ1) is 15.7. The third kappa shape index (κ3) is 3.61. The number of hydrogen-bond donors (Lipinski definition) is 2. The summed E-state index contributed by atoms with van der Waals surface area (Å²) in [5.41, 5.74) is 0.367. The van der Waals surface area contributed by atoms with E-state index in [1.807, 2.05) is 0 Å². The molecule has 21 heavy (non-hydrogen) atoms. The number of nitrogens with zero attached hydrogens (tertiary/aromatic N) is 1. The average Bonchev–Trinajstić information content (AvgIpc) is 2.69. The van der Waals surface area contributed by atoms with E-state index in [-0.39, 0.29) is 6.10 Å². The Morgan fingerprint density at radius 2 is 1.81 bits per heavy atom. The quantitative estimate of drug-likeness (QED) is 0.811. The van der Waals surface area contributed by atoms with Crippen molar-refractivity contribution < 1.29 is 9.84 Å². The first-order valence-electron chi connectivity index (χ1n) is 8.83. The van der Waals surface area contributed by atoms with Gasteiger partial charge in [0, 0.05) is 44.4 Å². The molecule has 3 heterocycles. The summed E-state index contributed by atoms with van der Waals surface area (Å²) >= 11 is 0. The molecule has 0 saturated carbocycles. The summed E-state index contributed by atoms with van der Waals surface area (Å²) in [6.45, 7) is 8.57. The maximum absolute atomic E-state index is 9.99. The van der Waals surface area contributed by atoms with Crippen LogP contribution in [-0.2, 0) is 4.74 Å². The van der Waals surface area contributed by atoms with E-state index in [0.717, 1.165) is 32.6 Å². The highest BCUT2D eigenvalue weighted by atomic mass is 16.5. The molecule has 3 fully saturated rings. The average molecular weight is 296 g/mol. The fourth-order valence-corrected chi connectivity index (χ4v) is 4.51. The first-order valence-corrected chi connectivity index (χ1v) is 8.83. The summed E-state index contributed by atoms with van der Waals surface area (Å²) in [4.78, 5) is 2.74. The molecule has 122 valence electrons. The Morgan fingerprint density at radius 3 is 2.38 bits per heavy atom. The zero-order chi connectivity index (χ0) is 14.9. The molecule has 0 radical (unpaired) electrons. The van der Waals surface area contributed by atoms with Crippen molar-refractivity contribution in [2.75, 3.05) is 26.3 Å². The third-order valence-corrected chi connectivity index (χ3v) is 5.82. The SMILES string of the molecule is CC(C)NCC1(CN2C3CCC2CC(O)C3)CCOCC1. The molecule has 4 nitrogen and oxygen atoms in total. The van der Waals surface area contributed by atoms with Crippen LogP contribution in [0.2, 0.25) is 0 Å². The molecular formula is C17H32N2O2. The Bertz CT molecular complexity index is 328. The van der Waals surface area contributed by atoms with E-state index in [4.69, 9.17) is 4.74 Å². The first-order chi connectivity index (χ1) is 10.1. The minimum atomic E-state index is -0.0572. The van der Waals surface area contributed by atoms with E-state index in [2.05, 4.69) is 24.1 Å². The summed E-state index contributed by atoms with van der Waals surface area (Å²) in [7, 11) is 0. The predicted molar refractivity (Wildman–Crippen MR) is 84.4 cm³/mol. The largest absolute Gasteiger partial charge is 0.393 e. The molecule has 2 N–H and O–H groups in total. The second kappa shape index (κ2) is 6.53. The van der Waals surface area contributed by atoms with E-state index in [0.29, 0.717) is 23.5 Å². The van der Waals surface area contributed by atoms with Crippen molar-refractivity contribution in [1.82, 2.24) is 10.2 Å². The molecule has 2 bridgehead atoms. The molecule has 2 unspecified atom stereocenters. The van der Waals surface area contributed by atoms with Crippen LogP contribution in [0.1, 0.15) is 52.4 Å². The van der Waals surface area contributed by atoms with Gasteiger partial charge in [-0.25, -0.2) is 0 Å². The van der Waals surface area contributed by atoms with Crippen LogP contribution >= 0.6 is 0 Å². The van der Waals surface area contributed by atoms with Gasteiger partial charge >= 0.3 is 0 Å². The lowest BCUT2D eigenvalue weighted by Crippen LogP contribution is -2.54. The number of aliphatic hydroxyl groups is 1. The maximum atomic E-state index is 9.99. The molecule has 0 aromatic carbocycles. The normalized spacial score (nSPS) is 36.3. The second-order valence-corrected chi connectivity index (χ2v) is 7.83. The lowest BCUT2D eigenvalue weighted by molar-refractivity contribution is -0.0360. The van der Waals surface area contributed by atoms with Gasteiger partial charge in [-0.3, -0.25) is 4.90 Å². The molecule has 0 amide bonds. The lowest BCUT2D eigenvalue weighted by Gasteiger charge is -2.46. The fourth-order valence-electron chi connectivity index (χ4n) is 4.51. The van der Waals surface area contributed by atoms with Crippen LogP contribution in [-0.4, -0.2) is 60.5 Å². The molecular weight excluding hydrogens is 264 g/mol. The van der Waals surface area contributed by atoms with Gasteiger partial charge < -0.3 is 15.2 Å². The van der Waals surface area contributed by atoms with E-state index < -0.39 is 0 Å². The highest BCUT2D eigenvalue weighted by molar-refractivity contribution is 4.99.